The Morgan fingerprint density at radius 2 is 1.93 bits per heavy atom. The van der Waals surface area contributed by atoms with Crippen molar-refractivity contribution in [3.63, 3.8) is 0 Å². The van der Waals surface area contributed by atoms with Gasteiger partial charge >= 0.3 is 0 Å². The van der Waals surface area contributed by atoms with Crippen LogP contribution in [-0.4, -0.2) is 54.5 Å². The van der Waals surface area contributed by atoms with Crippen molar-refractivity contribution < 1.29 is 9.53 Å². The number of nitriles is 1. The van der Waals surface area contributed by atoms with Crippen molar-refractivity contribution >= 4 is 11.6 Å². The zero-order valence-electron chi connectivity index (χ0n) is 16.7. The molecule has 0 saturated carbocycles. The zero-order chi connectivity index (χ0) is 20.2. The first-order valence-corrected chi connectivity index (χ1v) is 10.1. The van der Waals surface area contributed by atoms with Gasteiger partial charge in [-0.05, 0) is 48.4 Å². The number of carbonyl (C=O) groups is 1. The van der Waals surface area contributed by atoms with Gasteiger partial charge in [0.1, 0.15) is 5.75 Å². The van der Waals surface area contributed by atoms with Gasteiger partial charge in [-0.3, -0.25) is 14.6 Å². The molecule has 150 valence electrons. The quantitative estimate of drug-likeness (QED) is 0.850. The second kappa shape index (κ2) is 8.64. The van der Waals surface area contributed by atoms with Crippen LogP contribution in [0.25, 0.3) is 0 Å². The summed E-state index contributed by atoms with van der Waals surface area (Å²) in [5.74, 6) is 1.02. The van der Waals surface area contributed by atoms with Gasteiger partial charge < -0.3 is 10.1 Å². The predicted octanol–water partition coefficient (Wildman–Crippen LogP) is 2.64. The fraction of sp³-hybridized carbons (Fsp3) is 0.391. The number of hydrogen-bond acceptors (Lipinski definition) is 5. The van der Waals surface area contributed by atoms with Gasteiger partial charge in [-0.15, -0.1) is 0 Å². The highest BCUT2D eigenvalue weighted by atomic mass is 16.5. The number of hydrogen-bond donors (Lipinski definition) is 1. The number of nitrogens with one attached hydrogen (secondary N) is 1. The Kier molecular flexibility index (Phi) is 5.79. The number of fused-ring (bicyclic) bond motifs is 1. The summed E-state index contributed by atoms with van der Waals surface area (Å²) in [6.45, 7) is 7.32. The third-order valence-corrected chi connectivity index (χ3v) is 5.78. The Hall–Kier alpha value is -2.88. The fourth-order valence-corrected chi connectivity index (χ4v) is 3.95. The molecule has 2 aliphatic heterocycles. The number of amides is 1. The minimum Gasteiger partial charge on any atom is -0.493 e. The topological polar surface area (TPSA) is 68.6 Å². The molecule has 1 fully saturated rings. The van der Waals surface area contributed by atoms with E-state index in [0.29, 0.717) is 5.56 Å². The van der Waals surface area contributed by atoms with Crippen molar-refractivity contribution in [2.75, 3.05) is 38.1 Å². The van der Waals surface area contributed by atoms with E-state index in [1.165, 1.54) is 11.1 Å². The summed E-state index contributed by atoms with van der Waals surface area (Å²) < 4.78 is 5.59. The average molecular weight is 390 g/mol. The molecule has 0 bridgehead atoms. The number of carbonyl (C=O) groups excluding carboxylic acids is 1. The van der Waals surface area contributed by atoms with Gasteiger partial charge in [0.15, 0.2) is 0 Å². The molecule has 1 N–H and O–H groups in total. The molecular weight excluding hydrogens is 364 g/mol. The van der Waals surface area contributed by atoms with Crippen molar-refractivity contribution in [2.45, 2.75) is 25.9 Å². The van der Waals surface area contributed by atoms with Crippen LogP contribution in [0.5, 0.6) is 5.75 Å². The molecule has 2 aromatic carbocycles. The number of ether oxygens (including phenoxy) is 1. The fourth-order valence-electron chi connectivity index (χ4n) is 3.95. The van der Waals surface area contributed by atoms with Crippen LogP contribution in [0.4, 0.5) is 5.69 Å². The van der Waals surface area contributed by atoms with Crippen LogP contribution in [0.3, 0.4) is 0 Å². The molecule has 6 heteroatoms. The lowest BCUT2D eigenvalue weighted by Gasteiger charge is -2.37. The van der Waals surface area contributed by atoms with Crippen LogP contribution in [0.2, 0.25) is 0 Å². The van der Waals surface area contributed by atoms with E-state index in [1.807, 2.05) is 6.92 Å². The molecule has 0 unspecified atom stereocenters. The van der Waals surface area contributed by atoms with Crippen LogP contribution in [0.1, 0.15) is 23.6 Å². The molecule has 0 radical (unpaired) electrons. The first-order valence-electron chi connectivity index (χ1n) is 10.1. The molecular formula is C23H26N4O2. The summed E-state index contributed by atoms with van der Waals surface area (Å²) in [7, 11) is 0. The number of anilines is 1. The van der Waals surface area contributed by atoms with Crippen molar-refractivity contribution in [2.24, 2.45) is 0 Å². The molecule has 0 aromatic heterocycles. The zero-order valence-corrected chi connectivity index (χ0v) is 16.7. The largest absolute Gasteiger partial charge is 0.493 e. The first-order chi connectivity index (χ1) is 14.1. The maximum atomic E-state index is 12.6. The van der Waals surface area contributed by atoms with E-state index in [2.05, 4.69) is 39.4 Å². The van der Waals surface area contributed by atoms with Crippen LogP contribution in [0.15, 0.2) is 42.5 Å². The lowest BCUT2D eigenvalue weighted by atomic mass is 10.1. The first kappa shape index (κ1) is 19.4. The Balaban J connectivity index is 1.27. The Labute approximate surface area is 171 Å². The molecule has 29 heavy (non-hydrogen) atoms. The van der Waals surface area contributed by atoms with Crippen LogP contribution in [0, 0.1) is 11.3 Å². The lowest BCUT2D eigenvalue weighted by Crippen LogP contribution is -2.52. The summed E-state index contributed by atoms with van der Waals surface area (Å²) in [6.07, 6.45) is 1.00. The van der Waals surface area contributed by atoms with Crippen molar-refractivity contribution in [3.8, 4) is 11.8 Å². The normalized spacial score (nSPS) is 17.8. The van der Waals surface area contributed by atoms with Gasteiger partial charge in [-0.25, -0.2) is 0 Å². The summed E-state index contributed by atoms with van der Waals surface area (Å²) in [5, 5.41) is 11.8. The highest BCUT2D eigenvalue weighted by molar-refractivity contribution is 5.94. The maximum absolute atomic E-state index is 12.6. The molecule has 1 atom stereocenters. The van der Waals surface area contributed by atoms with E-state index in [1.54, 1.807) is 24.3 Å². The number of benzene rings is 2. The van der Waals surface area contributed by atoms with Gasteiger partial charge in [0.25, 0.3) is 0 Å². The second-order valence-corrected chi connectivity index (χ2v) is 7.71. The van der Waals surface area contributed by atoms with E-state index in [4.69, 9.17) is 10.00 Å². The van der Waals surface area contributed by atoms with E-state index >= 15 is 0 Å². The highest BCUT2D eigenvalue weighted by Gasteiger charge is 2.26. The van der Waals surface area contributed by atoms with Gasteiger partial charge in [0.05, 0.1) is 24.3 Å². The number of nitrogens with zero attached hydrogens (tertiary/aromatic N) is 3. The molecule has 6 nitrogen and oxygen atoms in total. The van der Waals surface area contributed by atoms with Gasteiger partial charge in [0, 0.05) is 44.8 Å². The molecule has 1 amide bonds. The minimum atomic E-state index is -0.190. The summed E-state index contributed by atoms with van der Waals surface area (Å²) >= 11 is 0. The average Bonchev–Trinajstić information content (AvgIpc) is 3.22. The molecule has 0 spiro atoms. The monoisotopic (exact) mass is 390 g/mol. The molecule has 4 rings (SSSR count). The van der Waals surface area contributed by atoms with Crippen LogP contribution >= 0.6 is 0 Å². The van der Waals surface area contributed by atoms with E-state index in [9.17, 15) is 4.79 Å². The maximum Gasteiger partial charge on any atom is 0.241 e. The number of piperazine rings is 1. The highest BCUT2D eigenvalue weighted by Crippen LogP contribution is 2.26. The Morgan fingerprint density at radius 1 is 1.17 bits per heavy atom. The predicted molar refractivity (Wildman–Crippen MR) is 112 cm³/mol. The minimum absolute atomic E-state index is 0.0122. The van der Waals surface area contributed by atoms with E-state index < -0.39 is 0 Å². The standard InChI is InChI=1S/C23H26N4O2/c1-17(23(28)25-21-5-2-18(15-24)3-6-21)27-11-9-26(10-12-27)16-19-4-7-22-20(14-19)8-13-29-22/h2-7,14,17H,8-13,16H2,1H3,(H,25,28)/t17-/m0/s1. The summed E-state index contributed by atoms with van der Waals surface area (Å²) in [5.41, 5.74) is 3.95. The lowest BCUT2D eigenvalue weighted by molar-refractivity contribution is -0.121. The molecule has 2 heterocycles. The molecule has 1 saturated heterocycles. The second-order valence-electron chi connectivity index (χ2n) is 7.71. The number of rotatable bonds is 5. The molecule has 2 aromatic rings. The Morgan fingerprint density at radius 3 is 2.66 bits per heavy atom. The van der Waals surface area contributed by atoms with Gasteiger partial charge in [0.2, 0.25) is 5.91 Å². The third kappa shape index (κ3) is 4.58. The summed E-state index contributed by atoms with van der Waals surface area (Å²) in [4.78, 5) is 17.3. The third-order valence-electron chi connectivity index (χ3n) is 5.78. The van der Waals surface area contributed by atoms with Crippen LogP contribution < -0.4 is 10.1 Å². The smallest absolute Gasteiger partial charge is 0.241 e. The van der Waals surface area contributed by atoms with Gasteiger partial charge in [-0.2, -0.15) is 5.26 Å². The Bertz CT molecular complexity index is 911. The van der Waals surface area contributed by atoms with Crippen molar-refractivity contribution in [1.29, 1.82) is 5.26 Å². The van der Waals surface area contributed by atoms with E-state index in [0.717, 1.165) is 57.2 Å². The molecule has 0 aliphatic carbocycles. The van der Waals surface area contributed by atoms with Crippen molar-refractivity contribution in [1.82, 2.24) is 9.80 Å². The van der Waals surface area contributed by atoms with Crippen LogP contribution in [-0.2, 0) is 17.8 Å². The molecule has 2 aliphatic rings. The van der Waals surface area contributed by atoms with Crippen molar-refractivity contribution in [3.05, 3.63) is 59.2 Å². The van der Waals surface area contributed by atoms with E-state index in [-0.39, 0.29) is 11.9 Å². The summed E-state index contributed by atoms with van der Waals surface area (Å²) in [6, 6.07) is 15.4. The van der Waals surface area contributed by atoms with Gasteiger partial charge in [-0.1, -0.05) is 12.1 Å². The SMILES string of the molecule is C[C@@H](C(=O)Nc1ccc(C#N)cc1)N1CCN(Cc2ccc3c(c2)CCO3)CC1.